The molecule has 1 aliphatic rings. The third-order valence-electron chi connectivity index (χ3n) is 4.65. The van der Waals surface area contributed by atoms with Crippen LogP contribution in [0.5, 0.6) is 0 Å². The molecule has 28 heavy (non-hydrogen) atoms. The molecule has 1 fully saturated rings. The first-order valence-corrected chi connectivity index (χ1v) is 10.9. The van der Waals surface area contributed by atoms with Gasteiger partial charge in [-0.2, -0.15) is 4.31 Å². The highest BCUT2D eigenvalue weighted by Gasteiger charge is 2.23. The highest BCUT2D eigenvalue weighted by molar-refractivity contribution is 7.89. The number of morpholine rings is 1. The number of nitrogens with zero attached hydrogens (tertiary/aromatic N) is 3. The number of nitrogens with one attached hydrogen (secondary N) is 1. The lowest BCUT2D eigenvalue weighted by molar-refractivity contribution is 0.0731. The highest BCUT2D eigenvalue weighted by Crippen LogP contribution is 2.24. The Morgan fingerprint density at radius 3 is 2.46 bits per heavy atom. The molecule has 2 aromatic carbocycles. The van der Waals surface area contributed by atoms with Crippen LogP contribution in [-0.4, -0.2) is 61.3 Å². The first kappa shape index (κ1) is 18.8. The fourth-order valence-corrected chi connectivity index (χ4v) is 4.50. The van der Waals surface area contributed by atoms with E-state index in [0.717, 1.165) is 16.5 Å². The number of benzene rings is 2. The second kappa shape index (κ2) is 8.22. The van der Waals surface area contributed by atoms with Crippen molar-refractivity contribution < 1.29 is 13.2 Å². The monoisotopic (exact) mass is 398 g/mol. The minimum atomic E-state index is -3.32. The van der Waals surface area contributed by atoms with E-state index in [1.807, 2.05) is 54.6 Å². The van der Waals surface area contributed by atoms with Gasteiger partial charge in [-0.25, -0.2) is 18.4 Å². The number of sulfonamides is 1. The van der Waals surface area contributed by atoms with Crippen LogP contribution in [0.2, 0.25) is 0 Å². The molecule has 1 saturated heterocycles. The van der Waals surface area contributed by atoms with Gasteiger partial charge < -0.3 is 10.1 Å². The van der Waals surface area contributed by atoms with E-state index in [4.69, 9.17) is 4.74 Å². The molecule has 0 bridgehead atoms. The van der Waals surface area contributed by atoms with Gasteiger partial charge in [-0.05, 0) is 12.1 Å². The van der Waals surface area contributed by atoms with Gasteiger partial charge in [-0.3, -0.25) is 0 Å². The molecule has 3 aromatic rings. The minimum absolute atomic E-state index is 0.00595. The lowest BCUT2D eigenvalue weighted by Crippen LogP contribution is -2.42. The Bertz CT molecular complexity index is 1050. The zero-order valence-electron chi connectivity index (χ0n) is 15.4. The van der Waals surface area contributed by atoms with Crippen LogP contribution in [-0.2, 0) is 14.8 Å². The molecule has 0 spiro atoms. The van der Waals surface area contributed by atoms with Crippen LogP contribution in [0.25, 0.3) is 22.3 Å². The summed E-state index contributed by atoms with van der Waals surface area (Å²) in [7, 11) is -3.32. The van der Waals surface area contributed by atoms with Gasteiger partial charge in [-0.15, -0.1) is 0 Å². The molecule has 0 radical (unpaired) electrons. The van der Waals surface area contributed by atoms with Crippen molar-refractivity contribution >= 4 is 26.7 Å². The Labute approximate surface area is 164 Å². The second-order valence-corrected chi connectivity index (χ2v) is 8.62. The van der Waals surface area contributed by atoms with Crippen molar-refractivity contribution in [1.82, 2.24) is 14.3 Å². The lowest BCUT2D eigenvalue weighted by Gasteiger charge is -2.26. The zero-order chi connectivity index (χ0) is 19.4. The summed E-state index contributed by atoms with van der Waals surface area (Å²) in [6.45, 7) is 2.00. The summed E-state index contributed by atoms with van der Waals surface area (Å²) >= 11 is 0. The SMILES string of the molecule is O=S(=O)(CCNc1nc(-c2ccccc2)nc2ccccc12)N1CCOCC1. The standard InChI is InChI=1S/C20H22N4O3S/c25-28(26,24-11-13-27-14-12-24)15-10-21-20-17-8-4-5-9-18(17)22-19(23-20)16-6-2-1-3-7-16/h1-9H,10-15H2,(H,21,22,23). The summed E-state index contributed by atoms with van der Waals surface area (Å²) < 4.78 is 31.8. The van der Waals surface area contributed by atoms with Gasteiger partial charge >= 0.3 is 0 Å². The maximum absolute atomic E-state index is 12.5. The quantitative estimate of drug-likeness (QED) is 0.686. The van der Waals surface area contributed by atoms with E-state index in [1.54, 1.807) is 0 Å². The van der Waals surface area contributed by atoms with Crippen LogP contribution >= 0.6 is 0 Å². The Morgan fingerprint density at radius 1 is 0.964 bits per heavy atom. The largest absolute Gasteiger partial charge is 0.379 e. The zero-order valence-corrected chi connectivity index (χ0v) is 16.2. The fraction of sp³-hybridized carbons (Fsp3) is 0.300. The van der Waals surface area contributed by atoms with Crippen LogP contribution in [0.15, 0.2) is 54.6 Å². The van der Waals surface area contributed by atoms with E-state index < -0.39 is 10.0 Å². The molecule has 2 heterocycles. The molecular weight excluding hydrogens is 376 g/mol. The maximum atomic E-state index is 12.5. The Balaban J connectivity index is 1.56. The Kier molecular flexibility index (Phi) is 5.52. The normalized spacial score (nSPS) is 15.6. The lowest BCUT2D eigenvalue weighted by atomic mass is 10.2. The predicted octanol–water partition coefficient (Wildman–Crippen LogP) is 2.37. The van der Waals surface area contributed by atoms with E-state index in [2.05, 4.69) is 15.3 Å². The molecule has 146 valence electrons. The number of hydrogen-bond acceptors (Lipinski definition) is 6. The van der Waals surface area contributed by atoms with E-state index >= 15 is 0 Å². The first-order chi connectivity index (χ1) is 13.6. The van der Waals surface area contributed by atoms with Gasteiger partial charge in [0.2, 0.25) is 10.0 Å². The topological polar surface area (TPSA) is 84.4 Å². The van der Waals surface area contributed by atoms with Crippen LogP contribution in [0.4, 0.5) is 5.82 Å². The van der Waals surface area contributed by atoms with Gasteiger partial charge in [0.1, 0.15) is 5.82 Å². The van der Waals surface area contributed by atoms with Crippen LogP contribution in [0.1, 0.15) is 0 Å². The first-order valence-electron chi connectivity index (χ1n) is 9.25. The molecule has 7 nitrogen and oxygen atoms in total. The van der Waals surface area contributed by atoms with Crippen LogP contribution in [0.3, 0.4) is 0 Å². The summed E-state index contributed by atoms with van der Waals surface area (Å²) in [5.74, 6) is 1.26. The summed E-state index contributed by atoms with van der Waals surface area (Å²) in [5, 5.41) is 4.07. The second-order valence-electron chi connectivity index (χ2n) is 6.53. The van der Waals surface area contributed by atoms with Crippen molar-refractivity contribution in [1.29, 1.82) is 0 Å². The van der Waals surface area contributed by atoms with E-state index in [0.29, 0.717) is 37.9 Å². The molecular formula is C20H22N4O3S. The number of aromatic nitrogens is 2. The predicted molar refractivity (Wildman–Crippen MR) is 110 cm³/mol. The molecule has 0 saturated carbocycles. The van der Waals surface area contributed by atoms with E-state index in [9.17, 15) is 8.42 Å². The number of rotatable bonds is 6. The summed E-state index contributed by atoms with van der Waals surface area (Å²) in [4.78, 5) is 9.30. The molecule has 8 heteroatoms. The van der Waals surface area contributed by atoms with Crippen LogP contribution < -0.4 is 5.32 Å². The number of para-hydroxylation sites is 1. The summed E-state index contributed by atoms with van der Waals surface area (Å²) in [6.07, 6.45) is 0. The molecule has 0 aliphatic carbocycles. The molecule has 0 atom stereocenters. The van der Waals surface area contributed by atoms with Crippen molar-refractivity contribution in [2.24, 2.45) is 0 Å². The van der Waals surface area contributed by atoms with Crippen molar-refractivity contribution in [3.63, 3.8) is 0 Å². The molecule has 4 rings (SSSR count). The van der Waals surface area contributed by atoms with Crippen molar-refractivity contribution in [2.75, 3.05) is 43.9 Å². The van der Waals surface area contributed by atoms with Crippen molar-refractivity contribution in [3.8, 4) is 11.4 Å². The van der Waals surface area contributed by atoms with Crippen LogP contribution in [0, 0.1) is 0 Å². The number of anilines is 1. The van der Waals surface area contributed by atoms with Gasteiger partial charge in [0, 0.05) is 30.6 Å². The summed E-state index contributed by atoms with van der Waals surface area (Å²) in [5.41, 5.74) is 1.73. The molecule has 1 N–H and O–H groups in total. The number of hydrogen-bond donors (Lipinski definition) is 1. The summed E-state index contributed by atoms with van der Waals surface area (Å²) in [6, 6.07) is 17.4. The molecule has 0 unspecified atom stereocenters. The van der Waals surface area contributed by atoms with Gasteiger partial charge in [0.15, 0.2) is 5.82 Å². The Hall–Kier alpha value is -2.55. The van der Waals surface area contributed by atoms with Gasteiger partial charge in [0.05, 0.1) is 24.5 Å². The third kappa shape index (κ3) is 4.14. The maximum Gasteiger partial charge on any atom is 0.215 e. The Morgan fingerprint density at radius 2 is 1.68 bits per heavy atom. The fourth-order valence-electron chi connectivity index (χ4n) is 3.18. The van der Waals surface area contributed by atoms with E-state index in [-0.39, 0.29) is 12.3 Å². The average Bonchev–Trinajstić information content (AvgIpc) is 2.75. The number of ether oxygens (including phenoxy) is 1. The average molecular weight is 398 g/mol. The minimum Gasteiger partial charge on any atom is -0.379 e. The third-order valence-corrected chi connectivity index (χ3v) is 6.52. The highest BCUT2D eigenvalue weighted by atomic mass is 32.2. The number of fused-ring (bicyclic) bond motifs is 1. The molecule has 1 aliphatic heterocycles. The smallest absolute Gasteiger partial charge is 0.215 e. The van der Waals surface area contributed by atoms with Crippen molar-refractivity contribution in [3.05, 3.63) is 54.6 Å². The van der Waals surface area contributed by atoms with Gasteiger partial charge in [0.25, 0.3) is 0 Å². The van der Waals surface area contributed by atoms with Gasteiger partial charge in [-0.1, -0.05) is 42.5 Å². The molecule has 1 aromatic heterocycles. The molecule has 0 amide bonds. The van der Waals surface area contributed by atoms with E-state index in [1.165, 1.54) is 4.31 Å². The van der Waals surface area contributed by atoms with Crippen molar-refractivity contribution in [2.45, 2.75) is 0 Å².